The van der Waals surface area contributed by atoms with E-state index in [0.717, 1.165) is 48.1 Å². The van der Waals surface area contributed by atoms with E-state index in [9.17, 15) is 0 Å². The van der Waals surface area contributed by atoms with Gasteiger partial charge in [-0.2, -0.15) is 0 Å². The molecule has 0 bridgehead atoms. The van der Waals surface area contributed by atoms with E-state index >= 15 is 0 Å². The van der Waals surface area contributed by atoms with Crippen molar-refractivity contribution in [2.75, 3.05) is 11.9 Å². The molecule has 0 aliphatic carbocycles. The van der Waals surface area contributed by atoms with Crippen LogP contribution in [0.4, 0.5) is 5.13 Å². The average molecular weight is 310 g/mol. The minimum atomic E-state index is 0.918. The lowest BCUT2D eigenvalue weighted by Gasteiger charge is -1.97. The highest BCUT2D eigenvalue weighted by Crippen LogP contribution is 2.34. The molecule has 0 saturated heterocycles. The largest absolute Gasteiger partial charge is 0.360 e. The number of rotatable bonds is 8. The van der Waals surface area contributed by atoms with Crippen molar-refractivity contribution in [3.8, 4) is 9.88 Å². The van der Waals surface area contributed by atoms with Gasteiger partial charge in [0.05, 0.1) is 15.6 Å². The number of anilines is 1. The van der Waals surface area contributed by atoms with E-state index in [-0.39, 0.29) is 0 Å². The fourth-order valence-corrected chi connectivity index (χ4v) is 4.00. The molecular formula is C14H22N4S2. The van der Waals surface area contributed by atoms with E-state index in [1.165, 1.54) is 16.3 Å². The number of aryl methyl sites for hydroxylation is 2. The third kappa shape index (κ3) is 3.76. The Balaban J connectivity index is 2.14. The van der Waals surface area contributed by atoms with Crippen molar-refractivity contribution >= 4 is 27.8 Å². The molecule has 2 rings (SSSR count). The molecule has 0 aliphatic rings. The van der Waals surface area contributed by atoms with Crippen molar-refractivity contribution < 1.29 is 0 Å². The molecule has 0 unspecified atom stereocenters. The number of nitrogens with zero attached hydrogens (tertiary/aromatic N) is 3. The van der Waals surface area contributed by atoms with Crippen molar-refractivity contribution in [1.29, 1.82) is 0 Å². The van der Waals surface area contributed by atoms with Gasteiger partial charge in [0.25, 0.3) is 0 Å². The third-order valence-corrected chi connectivity index (χ3v) is 5.16. The summed E-state index contributed by atoms with van der Waals surface area (Å²) in [6.45, 7) is 7.49. The lowest BCUT2D eigenvalue weighted by molar-refractivity contribution is 0.831. The normalized spacial score (nSPS) is 10.9. The lowest BCUT2D eigenvalue weighted by atomic mass is 10.3. The molecule has 0 radical (unpaired) electrons. The Morgan fingerprint density at radius 2 is 1.90 bits per heavy atom. The van der Waals surface area contributed by atoms with E-state index in [2.05, 4.69) is 36.3 Å². The maximum atomic E-state index is 4.72. The average Bonchev–Trinajstić information content (AvgIpc) is 3.06. The monoisotopic (exact) mass is 310 g/mol. The molecule has 0 aliphatic heterocycles. The Morgan fingerprint density at radius 3 is 2.60 bits per heavy atom. The van der Waals surface area contributed by atoms with Gasteiger partial charge in [-0.15, -0.1) is 21.5 Å². The van der Waals surface area contributed by atoms with Gasteiger partial charge in [0, 0.05) is 6.54 Å². The van der Waals surface area contributed by atoms with Crippen LogP contribution < -0.4 is 5.32 Å². The molecule has 0 atom stereocenters. The van der Waals surface area contributed by atoms with Crippen molar-refractivity contribution in [2.24, 2.45) is 0 Å². The number of hydrogen-bond acceptors (Lipinski definition) is 6. The summed E-state index contributed by atoms with van der Waals surface area (Å²) in [6, 6.07) is 0. The van der Waals surface area contributed by atoms with Crippen LogP contribution in [-0.2, 0) is 12.8 Å². The van der Waals surface area contributed by atoms with Crippen molar-refractivity contribution in [3.63, 3.8) is 0 Å². The van der Waals surface area contributed by atoms with Crippen LogP contribution in [0.25, 0.3) is 9.88 Å². The van der Waals surface area contributed by atoms with Crippen LogP contribution in [0.5, 0.6) is 0 Å². The molecule has 0 fully saturated rings. The van der Waals surface area contributed by atoms with Gasteiger partial charge in [-0.05, 0) is 25.7 Å². The van der Waals surface area contributed by atoms with E-state index in [4.69, 9.17) is 4.98 Å². The quantitative estimate of drug-likeness (QED) is 0.735. The molecule has 110 valence electrons. The highest BCUT2D eigenvalue weighted by atomic mass is 32.1. The molecule has 0 aromatic carbocycles. The van der Waals surface area contributed by atoms with Crippen molar-refractivity contribution in [2.45, 2.75) is 52.9 Å². The molecule has 2 heterocycles. The molecule has 2 aromatic heterocycles. The maximum Gasteiger partial charge on any atom is 0.206 e. The first-order valence-electron chi connectivity index (χ1n) is 7.34. The summed E-state index contributed by atoms with van der Waals surface area (Å²) >= 11 is 3.41. The summed E-state index contributed by atoms with van der Waals surface area (Å²) in [5, 5.41) is 15.0. The molecule has 0 saturated carbocycles. The van der Waals surface area contributed by atoms with Gasteiger partial charge in [-0.1, -0.05) is 38.5 Å². The fourth-order valence-electron chi connectivity index (χ4n) is 1.89. The van der Waals surface area contributed by atoms with Crippen molar-refractivity contribution in [1.82, 2.24) is 15.2 Å². The minimum absolute atomic E-state index is 0.918. The van der Waals surface area contributed by atoms with Crippen LogP contribution >= 0.6 is 22.7 Å². The molecule has 4 nitrogen and oxygen atoms in total. The summed E-state index contributed by atoms with van der Waals surface area (Å²) < 4.78 is 0. The number of thiazole rings is 1. The van der Waals surface area contributed by atoms with Crippen LogP contribution in [0, 0.1) is 0 Å². The lowest BCUT2D eigenvalue weighted by Crippen LogP contribution is -1.99. The first-order chi connectivity index (χ1) is 9.78. The number of unbranched alkanes of at least 4 members (excludes halogenated alkanes) is 1. The van der Waals surface area contributed by atoms with Crippen LogP contribution in [-0.4, -0.2) is 21.7 Å². The van der Waals surface area contributed by atoms with Gasteiger partial charge in [-0.25, -0.2) is 4.98 Å². The fraction of sp³-hybridized carbons (Fsp3) is 0.643. The second-order valence-electron chi connectivity index (χ2n) is 4.68. The van der Waals surface area contributed by atoms with Gasteiger partial charge in [0.15, 0.2) is 5.01 Å². The Labute approximate surface area is 128 Å². The van der Waals surface area contributed by atoms with Crippen molar-refractivity contribution in [3.05, 3.63) is 10.7 Å². The molecular weight excluding hydrogens is 288 g/mol. The smallest absolute Gasteiger partial charge is 0.206 e. The van der Waals surface area contributed by atoms with Crippen LogP contribution in [0.3, 0.4) is 0 Å². The van der Waals surface area contributed by atoms with Gasteiger partial charge in [-0.3, -0.25) is 0 Å². The van der Waals surface area contributed by atoms with Gasteiger partial charge >= 0.3 is 0 Å². The topological polar surface area (TPSA) is 50.7 Å². The number of aromatic nitrogens is 3. The molecule has 0 spiro atoms. The predicted octanol–water partition coefficient (Wildman–Crippen LogP) is 4.39. The van der Waals surface area contributed by atoms with Gasteiger partial charge in [0.2, 0.25) is 5.13 Å². The predicted molar refractivity (Wildman–Crippen MR) is 87.8 cm³/mol. The van der Waals surface area contributed by atoms with E-state index in [0.29, 0.717) is 0 Å². The molecule has 0 amide bonds. The number of nitrogens with one attached hydrogen (secondary N) is 1. The first kappa shape index (κ1) is 15.4. The zero-order valence-corrected chi connectivity index (χ0v) is 14.0. The Kier molecular flexibility index (Phi) is 5.91. The zero-order valence-electron chi connectivity index (χ0n) is 12.4. The molecule has 2 aromatic rings. The van der Waals surface area contributed by atoms with E-state index in [1.54, 1.807) is 22.7 Å². The zero-order chi connectivity index (χ0) is 14.4. The first-order valence-corrected chi connectivity index (χ1v) is 8.98. The summed E-state index contributed by atoms with van der Waals surface area (Å²) in [5.41, 5.74) is 1.16. The second-order valence-corrected chi connectivity index (χ2v) is 6.74. The number of hydrogen-bond donors (Lipinski definition) is 1. The Bertz CT molecular complexity index is 533. The van der Waals surface area contributed by atoms with E-state index < -0.39 is 0 Å². The summed E-state index contributed by atoms with van der Waals surface area (Å²) in [4.78, 5) is 5.92. The summed E-state index contributed by atoms with van der Waals surface area (Å²) in [7, 11) is 0. The Hall–Kier alpha value is -1.01. The molecule has 20 heavy (non-hydrogen) atoms. The highest BCUT2D eigenvalue weighted by Gasteiger charge is 2.15. The summed E-state index contributed by atoms with van der Waals surface area (Å²) in [5.74, 6) is 0. The van der Waals surface area contributed by atoms with E-state index in [1.807, 2.05) is 0 Å². The Morgan fingerprint density at radius 1 is 1.05 bits per heavy atom. The third-order valence-electron chi connectivity index (χ3n) is 2.97. The van der Waals surface area contributed by atoms with Crippen LogP contribution in [0.2, 0.25) is 0 Å². The molecule has 1 N–H and O–H groups in total. The minimum Gasteiger partial charge on any atom is -0.360 e. The highest BCUT2D eigenvalue weighted by molar-refractivity contribution is 7.23. The molecule has 6 heteroatoms. The standard InChI is InChI=1S/C14H22N4S2/c1-4-7-9-15-14-18-17-13(20-14)12-10(6-3)16-11(19-12)8-5-2/h4-9H2,1-3H3,(H,15,18). The second kappa shape index (κ2) is 7.69. The van der Waals surface area contributed by atoms with Gasteiger partial charge in [0.1, 0.15) is 0 Å². The SMILES string of the molecule is CCCCNc1nnc(-c2sc(CCC)nc2CC)s1. The summed E-state index contributed by atoms with van der Waals surface area (Å²) in [6.07, 6.45) is 5.49. The maximum absolute atomic E-state index is 4.72. The van der Waals surface area contributed by atoms with Gasteiger partial charge < -0.3 is 5.32 Å². The van der Waals surface area contributed by atoms with Crippen LogP contribution in [0.15, 0.2) is 0 Å². The van der Waals surface area contributed by atoms with Crippen LogP contribution in [0.1, 0.15) is 50.7 Å².